The second-order valence-corrected chi connectivity index (χ2v) is 16.7. The van der Waals surface area contributed by atoms with Crippen molar-refractivity contribution >= 4 is 11.4 Å². The summed E-state index contributed by atoms with van der Waals surface area (Å²) in [6.45, 7) is 4.59. The average Bonchev–Trinajstić information content (AvgIpc) is 3.21. The molecule has 0 aliphatic carbocycles. The minimum Gasteiger partial charge on any atom is -0.399 e. The summed E-state index contributed by atoms with van der Waals surface area (Å²) in [6.07, 6.45) is 33.1. The van der Waals surface area contributed by atoms with Gasteiger partial charge in [-0.1, -0.05) is 209 Å². The molecule has 0 amide bonds. The lowest BCUT2D eigenvalue weighted by atomic mass is 9.86. The van der Waals surface area contributed by atoms with E-state index in [-0.39, 0.29) is 0 Å². The molecule has 0 saturated carbocycles. The van der Waals surface area contributed by atoms with Gasteiger partial charge in [-0.3, -0.25) is 0 Å². The molecule has 0 saturated heterocycles. The van der Waals surface area contributed by atoms with Gasteiger partial charge in [0.05, 0.1) is 0 Å². The van der Waals surface area contributed by atoms with Crippen molar-refractivity contribution in [3.63, 3.8) is 0 Å². The van der Waals surface area contributed by atoms with Crippen molar-refractivity contribution in [1.29, 1.82) is 0 Å². The van der Waals surface area contributed by atoms with E-state index in [2.05, 4.69) is 111 Å². The van der Waals surface area contributed by atoms with E-state index >= 15 is 0 Å². The maximum atomic E-state index is 6.05. The van der Waals surface area contributed by atoms with Crippen LogP contribution in [0.1, 0.15) is 207 Å². The quantitative estimate of drug-likeness (QED) is 0.0413. The predicted octanol–water partition coefficient (Wildman–Crippen LogP) is 15.9. The third-order valence-corrected chi connectivity index (χ3v) is 12.1. The largest absolute Gasteiger partial charge is 0.399 e. The van der Waals surface area contributed by atoms with Gasteiger partial charge < -0.3 is 11.5 Å². The first-order valence-corrected chi connectivity index (χ1v) is 23.0. The zero-order valence-corrected chi connectivity index (χ0v) is 35.2. The Balaban J connectivity index is 1.15. The summed E-state index contributed by atoms with van der Waals surface area (Å²) in [5.41, 5.74) is 22.5. The van der Waals surface area contributed by atoms with Crippen molar-refractivity contribution in [3.05, 3.63) is 130 Å². The molecule has 0 fully saturated rings. The van der Waals surface area contributed by atoms with Crippen LogP contribution >= 0.6 is 0 Å². The Labute approximate surface area is 338 Å². The highest BCUT2D eigenvalue weighted by atomic mass is 14.5. The van der Waals surface area contributed by atoms with Crippen molar-refractivity contribution in [1.82, 2.24) is 0 Å². The number of anilines is 2. The van der Waals surface area contributed by atoms with E-state index in [1.54, 1.807) is 0 Å². The highest BCUT2D eigenvalue weighted by molar-refractivity contribution is 5.44. The number of unbranched alkanes of at least 4 members (excludes halogenated alkanes) is 18. The molecule has 4 N–H and O–H groups in total. The van der Waals surface area contributed by atoms with Crippen LogP contribution in [-0.2, 0) is 12.8 Å². The molecule has 55 heavy (non-hydrogen) atoms. The first kappa shape index (κ1) is 44.2. The summed E-state index contributed by atoms with van der Waals surface area (Å²) in [5.74, 6) is 0.909. The summed E-state index contributed by atoms with van der Waals surface area (Å²) in [4.78, 5) is 0. The van der Waals surface area contributed by atoms with Gasteiger partial charge in [0.25, 0.3) is 0 Å². The summed E-state index contributed by atoms with van der Waals surface area (Å²) < 4.78 is 0. The Morgan fingerprint density at radius 3 is 0.873 bits per heavy atom. The molecule has 2 heteroatoms. The molecule has 2 nitrogen and oxygen atoms in total. The second-order valence-electron chi connectivity index (χ2n) is 16.7. The van der Waals surface area contributed by atoms with Crippen molar-refractivity contribution < 1.29 is 0 Å². The zero-order chi connectivity index (χ0) is 38.8. The molecule has 300 valence electrons. The third kappa shape index (κ3) is 17.4. The minimum absolute atomic E-state index is 0.454. The Morgan fingerprint density at radius 2 is 0.564 bits per heavy atom. The van der Waals surface area contributed by atoms with E-state index in [4.69, 9.17) is 11.5 Å². The van der Waals surface area contributed by atoms with Crippen LogP contribution in [0, 0.1) is 0 Å². The second kappa shape index (κ2) is 27.1. The van der Waals surface area contributed by atoms with Gasteiger partial charge in [0.15, 0.2) is 0 Å². The first-order chi connectivity index (χ1) is 27.1. The third-order valence-electron chi connectivity index (χ3n) is 12.1. The van der Waals surface area contributed by atoms with Gasteiger partial charge in [0.2, 0.25) is 0 Å². The molecule has 0 aromatic heterocycles. The van der Waals surface area contributed by atoms with Crippen LogP contribution in [0.4, 0.5) is 11.4 Å². The van der Waals surface area contributed by atoms with Gasteiger partial charge in [-0.2, -0.15) is 0 Å². The number of rotatable bonds is 30. The van der Waals surface area contributed by atoms with Gasteiger partial charge in [-0.05, 0) is 96.2 Å². The molecular formula is C53H78N2. The monoisotopic (exact) mass is 743 g/mol. The van der Waals surface area contributed by atoms with Crippen molar-refractivity contribution in [2.75, 3.05) is 11.5 Å². The van der Waals surface area contributed by atoms with Crippen LogP contribution in [0.25, 0.3) is 0 Å². The standard InChI is InChI=1S/C53H78N2/c1-3-5-7-9-11-13-18-22-26-52(48-36-40-50(54)41-37-48)46-32-28-44(29-33-46)24-20-16-15-17-21-25-45-30-34-47(35-31-45)53(49-38-42-51(55)43-39-49)27-23-19-14-12-10-8-6-4-2/h28-43,52-53H,3-27,54-55H2,1-2H3. The molecule has 0 radical (unpaired) electrons. The maximum Gasteiger partial charge on any atom is 0.0314 e. The molecule has 0 heterocycles. The molecule has 0 spiro atoms. The van der Waals surface area contributed by atoms with E-state index in [9.17, 15) is 0 Å². The summed E-state index contributed by atoms with van der Waals surface area (Å²) >= 11 is 0. The van der Waals surface area contributed by atoms with Gasteiger partial charge >= 0.3 is 0 Å². The first-order valence-electron chi connectivity index (χ1n) is 23.0. The van der Waals surface area contributed by atoms with Gasteiger partial charge in [0.1, 0.15) is 0 Å². The number of hydrogen-bond donors (Lipinski definition) is 2. The van der Waals surface area contributed by atoms with E-state index in [0.717, 1.165) is 11.4 Å². The van der Waals surface area contributed by atoms with Crippen LogP contribution in [0.5, 0.6) is 0 Å². The van der Waals surface area contributed by atoms with Crippen molar-refractivity contribution in [3.8, 4) is 0 Å². The molecule has 4 aromatic rings. The van der Waals surface area contributed by atoms with E-state index < -0.39 is 0 Å². The normalized spacial score (nSPS) is 12.5. The van der Waals surface area contributed by atoms with Gasteiger partial charge in [-0.25, -0.2) is 0 Å². The molecule has 0 aliphatic rings. The van der Waals surface area contributed by atoms with Gasteiger partial charge in [-0.15, -0.1) is 0 Å². The van der Waals surface area contributed by atoms with Crippen LogP contribution in [0.2, 0.25) is 0 Å². The zero-order valence-electron chi connectivity index (χ0n) is 35.2. The Morgan fingerprint density at radius 1 is 0.309 bits per heavy atom. The van der Waals surface area contributed by atoms with E-state index in [1.165, 1.54) is 194 Å². The number of nitrogen functional groups attached to an aromatic ring is 2. The SMILES string of the molecule is CCCCCCCCCCC(c1ccc(N)cc1)c1ccc(CCCCCCCc2ccc(C(CCCCCCCCCC)c3ccc(N)cc3)cc2)cc1. The van der Waals surface area contributed by atoms with E-state index in [1.807, 2.05) is 0 Å². The molecule has 4 rings (SSSR count). The number of aryl methyl sites for hydroxylation is 2. The van der Waals surface area contributed by atoms with Gasteiger partial charge in [0, 0.05) is 23.2 Å². The maximum absolute atomic E-state index is 6.05. The van der Waals surface area contributed by atoms with Crippen LogP contribution < -0.4 is 11.5 Å². The fraction of sp³-hybridized carbons (Fsp3) is 0.547. The molecule has 4 aromatic carbocycles. The Hall–Kier alpha value is -3.52. The Bertz CT molecular complexity index is 1390. The van der Waals surface area contributed by atoms with Crippen molar-refractivity contribution in [2.45, 2.75) is 186 Å². The molecule has 2 atom stereocenters. The lowest BCUT2D eigenvalue weighted by molar-refractivity contribution is 0.551. The summed E-state index contributed by atoms with van der Waals surface area (Å²) in [6, 6.07) is 36.4. The lowest BCUT2D eigenvalue weighted by Gasteiger charge is -2.19. The number of nitrogens with two attached hydrogens (primary N) is 2. The van der Waals surface area contributed by atoms with Crippen molar-refractivity contribution in [2.24, 2.45) is 0 Å². The molecule has 0 bridgehead atoms. The lowest BCUT2D eigenvalue weighted by Crippen LogP contribution is -2.02. The average molecular weight is 743 g/mol. The fourth-order valence-electron chi connectivity index (χ4n) is 8.49. The van der Waals surface area contributed by atoms with Crippen LogP contribution in [0.3, 0.4) is 0 Å². The number of benzene rings is 4. The Kier molecular flexibility index (Phi) is 21.8. The summed E-state index contributed by atoms with van der Waals surface area (Å²) in [5, 5.41) is 0. The summed E-state index contributed by atoms with van der Waals surface area (Å²) in [7, 11) is 0. The highest BCUT2D eigenvalue weighted by Gasteiger charge is 2.16. The van der Waals surface area contributed by atoms with Crippen LogP contribution in [0.15, 0.2) is 97.1 Å². The fourth-order valence-corrected chi connectivity index (χ4v) is 8.49. The van der Waals surface area contributed by atoms with Crippen LogP contribution in [-0.4, -0.2) is 0 Å². The minimum atomic E-state index is 0.454. The van der Waals surface area contributed by atoms with E-state index in [0.29, 0.717) is 11.8 Å². The number of hydrogen-bond acceptors (Lipinski definition) is 2. The molecule has 0 aliphatic heterocycles. The smallest absolute Gasteiger partial charge is 0.0314 e. The molecule has 2 unspecified atom stereocenters. The highest BCUT2D eigenvalue weighted by Crippen LogP contribution is 2.33. The topological polar surface area (TPSA) is 52.0 Å². The predicted molar refractivity (Wildman–Crippen MR) is 243 cm³/mol. The molecular weight excluding hydrogens is 665 g/mol.